The molecule has 10 heteroatoms. The van der Waals surface area contributed by atoms with Crippen molar-refractivity contribution in [3.05, 3.63) is 60.0 Å². The molecule has 0 bridgehead atoms. The molecule has 2 aliphatic rings. The number of aryl methyl sites for hydroxylation is 1. The lowest BCUT2D eigenvalue weighted by Gasteiger charge is -2.39. The van der Waals surface area contributed by atoms with E-state index in [0.29, 0.717) is 30.0 Å². The van der Waals surface area contributed by atoms with E-state index in [0.717, 1.165) is 39.3 Å². The van der Waals surface area contributed by atoms with Crippen molar-refractivity contribution < 1.29 is 15.3 Å². The highest BCUT2D eigenvalue weighted by Gasteiger charge is 2.50. The number of thiazole rings is 1. The van der Waals surface area contributed by atoms with Gasteiger partial charge >= 0.3 is 0 Å². The minimum Gasteiger partial charge on any atom is -0.396 e. The number of nitrogens with zero attached hydrogens (tertiary/aromatic N) is 4. The number of rotatable bonds is 8. The molecule has 9 nitrogen and oxygen atoms in total. The molecule has 0 spiro atoms. The van der Waals surface area contributed by atoms with Gasteiger partial charge in [0, 0.05) is 24.8 Å². The van der Waals surface area contributed by atoms with E-state index in [1.807, 2.05) is 13.0 Å². The third-order valence-electron chi connectivity index (χ3n) is 8.84. The van der Waals surface area contributed by atoms with E-state index in [1.54, 1.807) is 19.3 Å². The van der Waals surface area contributed by atoms with Gasteiger partial charge in [-0.3, -0.25) is 4.98 Å². The number of benzene rings is 1. The molecule has 0 saturated heterocycles. The second kappa shape index (κ2) is 10.7. The van der Waals surface area contributed by atoms with Gasteiger partial charge in [0.05, 0.1) is 34.3 Å². The minimum absolute atomic E-state index is 0.182. The first-order chi connectivity index (χ1) is 19.2. The third-order valence-corrected chi connectivity index (χ3v) is 9.89. The summed E-state index contributed by atoms with van der Waals surface area (Å²) < 4.78 is 1.01. The van der Waals surface area contributed by atoms with Crippen molar-refractivity contribution in [3.8, 4) is 10.6 Å². The maximum Gasteiger partial charge on any atom is 0.225 e. The van der Waals surface area contributed by atoms with Crippen LogP contribution in [-0.4, -0.2) is 65.7 Å². The van der Waals surface area contributed by atoms with Gasteiger partial charge in [-0.15, -0.1) is 11.3 Å². The maximum atomic E-state index is 11.2. The van der Waals surface area contributed by atoms with Crippen LogP contribution < -0.4 is 10.6 Å². The second-order valence-electron chi connectivity index (χ2n) is 11.5. The molecule has 0 unspecified atom stereocenters. The van der Waals surface area contributed by atoms with Crippen molar-refractivity contribution in [2.45, 2.75) is 69.7 Å². The third kappa shape index (κ3) is 4.94. The molecule has 5 atom stereocenters. The molecule has 0 aliphatic heterocycles. The van der Waals surface area contributed by atoms with Crippen molar-refractivity contribution in [1.82, 2.24) is 19.9 Å². The number of aliphatic hydroxyl groups excluding tert-OH is 2. The smallest absolute Gasteiger partial charge is 0.225 e. The van der Waals surface area contributed by atoms with Gasteiger partial charge in [0.1, 0.15) is 21.9 Å². The average Bonchev–Trinajstić information content (AvgIpc) is 3.42. The van der Waals surface area contributed by atoms with Crippen molar-refractivity contribution in [2.24, 2.45) is 11.8 Å². The zero-order valence-electron chi connectivity index (χ0n) is 23.0. The summed E-state index contributed by atoms with van der Waals surface area (Å²) in [5, 5.41) is 39.3. The molecule has 5 N–H and O–H groups in total. The molecular formula is C30H36N6O3S. The molecule has 2 fully saturated rings. The fraction of sp³-hybridized carbons (Fsp3) is 0.467. The van der Waals surface area contributed by atoms with E-state index in [1.165, 1.54) is 16.9 Å². The van der Waals surface area contributed by atoms with Crippen molar-refractivity contribution in [3.63, 3.8) is 0 Å². The van der Waals surface area contributed by atoms with Gasteiger partial charge < -0.3 is 26.0 Å². The van der Waals surface area contributed by atoms with Crippen LogP contribution in [0, 0.1) is 18.8 Å². The Kier molecular flexibility index (Phi) is 7.20. The summed E-state index contributed by atoms with van der Waals surface area (Å²) in [6, 6.07) is 12.3. The van der Waals surface area contributed by atoms with Gasteiger partial charge in [0.25, 0.3) is 0 Å². The number of nitrogens with one attached hydrogen (secondary N) is 2. The largest absolute Gasteiger partial charge is 0.396 e. The molecule has 4 aromatic rings. The number of aliphatic hydroxyl groups is 3. The van der Waals surface area contributed by atoms with Gasteiger partial charge in [-0.2, -0.15) is 4.98 Å². The molecule has 6 rings (SSSR count). The summed E-state index contributed by atoms with van der Waals surface area (Å²) in [7, 11) is 0. The summed E-state index contributed by atoms with van der Waals surface area (Å²) in [6.07, 6.45) is 5.07. The number of anilines is 2. The topological polar surface area (TPSA) is 136 Å². The lowest BCUT2D eigenvalue weighted by Crippen LogP contribution is -2.48. The molecule has 3 heterocycles. The molecule has 1 aromatic carbocycles. The van der Waals surface area contributed by atoms with E-state index in [9.17, 15) is 15.3 Å². The van der Waals surface area contributed by atoms with Crippen LogP contribution in [0.25, 0.3) is 20.8 Å². The Balaban J connectivity index is 1.29. The summed E-state index contributed by atoms with van der Waals surface area (Å²) in [5.41, 5.74) is 2.26. The van der Waals surface area contributed by atoms with Crippen LogP contribution in [0.4, 0.5) is 11.8 Å². The summed E-state index contributed by atoms with van der Waals surface area (Å²) >= 11 is 1.53. The average molecular weight is 561 g/mol. The number of pyridine rings is 1. The van der Waals surface area contributed by atoms with Gasteiger partial charge in [-0.1, -0.05) is 30.3 Å². The molecule has 210 valence electrons. The fourth-order valence-electron chi connectivity index (χ4n) is 6.17. The SMILES string of the molecule is Cc1nc(N[C@H](C)C2CC(c3ccccc3)C2)nc(N[C@@H]2C[C@H](CO)[C@@H](O)[C@@]2(C)O)c1-c1nc2cnccc2s1. The summed E-state index contributed by atoms with van der Waals surface area (Å²) in [4.78, 5) is 18.7. The highest BCUT2D eigenvalue weighted by Crippen LogP contribution is 2.44. The molecule has 2 aliphatic carbocycles. The Labute approximate surface area is 237 Å². The summed E-state index contributed by atoms with van der Waals surface area (Å²) in [6.45, 7) is 5.51. The lowest BCUT2D eigenvalue weighted by atomic mass is 9.68. The number of hydrogen-bond donors (Lipinski definition) is 5. The quantitative estimate of drug-likeness (QED) is 0.213. The Morgan fingerprint density at radius 2 is 1.88 bits per heavy atom. The Hall–Kier alpha value is -3.18. The molecule has 40 heavy (non-hydrogen) atoms. The minimum atomic E-state index is -1.44. The highest BCUT2D eigenvalue weighted by molar-refractivity contribution is 7.21. The van der Waals surface area contributed by atoms with Crippen LogP contribution in [0.2, 0.25) is 0 Å². The molecule has 3 aromatic heterocycles. The first kappa shape index (κ1) is 27.0. The van der Waals surface area contributed by atoms with Crippen molar-refractivity contribution in [2.75, 3.05) is 17.2 Å². The highest BCUT2D eigenvalue weighted by atomic mass is 32.1. The summed E-state index contributed by atoms with van der Waals surface area (Å²) in [5.74, 6) is 1.72. The van der Waals surface area contributed by atoms with Crippen LogP contribution >= 0.6 is 11.3 Å². The predicted molar refractivity (Wildman–Crippen MR) is 157 cm³/mol. The zero-order chi connectivity index (χ0) is 28.0. The maximum absolute atomic E-state index is 11.2. The van der Waals surface area contributed by atoms with Gasteiger partial charge in [-0.05, 0) is 63.5 Å². The lowest BCUT2D eigenvalue weighted by molar-refractivity contribution is -0.0647. The van der Waals surface area contributed by atoms with Crippen LogP contribution in [0.15, 0.2) is 48.8 Å². The Morgan fingerprint density at radius 3 is 2.58 bits per heavy atom. The first-order valence-corrected chi connectivity index (χ1v) is 14.7. The second-order valence-corrected chi connectivity index (χ2v) is 12.6. The number of hydrogen-bond acceptors (Lipinski definition) is 10. The number of aromatic nitrogens is 4. The molecule has 0 amide bonds. The molecule has 2 saturated carbocycles. The Bertz CT molecular complexity index is 1460. The fourth-order valence-corrected chi connectivity index (χ4v) is 7.20. The first-order valence-electron chi connectivity index (χ1n) is 13.9. The Morgan fingerprint density at radius 1 is 1.10 bits per heavy atom. The number of fused-ring (bicyclic) bond motifs is 1. The van der Waals surface area contributed by atoms with E-state index in [2.05, 4.69) is 52.9 Å². The van der Waals surface area contributed by atoms with E-state index in [-0.39, 0.29) is 12.6 Å². The van der Waals surface area contributed by atoms with Gasteiger partial charge in [-0.25, -0.2) is 9.97 Å². The standard InChI is InChI=1S/C30H36N6O3S/c1-16(19-11-20(12-19)18-7-5-4-6-8-18)32-29-33-17(2)25(28-34-22-14-31-10-9-23(22)40-28)27(36-29)35-24-13-21(15-37)26(38)30(24,3)39/h4-10,14,16,19-21,24,26,37-39H,11-13,15H2,1-3H3,(H2,32,33,35,36)/t16-,19?,20?,21-,24-,26-,30+/m1/s1. The van der Waals surface area contributed by atoms with Crippen molar-refractivity contribution >= 4 is 33.3 Å². The van der Waals surface area contributed by atoms with Crippen molar-refractivity contribution in [1.29, 1.82) is 0 Å². The normalized spacial score (nSPS) is 28.8. The van der Waals surface area contributed by atoms with Gasteiger partial charge in [0.2, 0.25) is 5.95 Å². The zero-order valence-corrected chi connectivity index (χ0v) is 23.8. The van der Waals surface area contributed by atoms with E-state index in [4.69, 9.17) is 15.0 Å². The molecular weight excluding hydrogens is 524 g/mol. The van der Waals surface area contributed by atoms with Crippen LogP contribution in [0.5, 0.6) is 0 Å². The van der Waals surface area contributed by atoms with E-state index >= 15 is 0 Å². The molecule has 0 radical (unpaired) electrons. The predicted octanol–water partition coefficient (Wildman–Crippen LogP) is 4.36. The van der Waals surface area contributed by atoms with Crippen LogP contribution in [0.1, 0.15) is 50.3 Å². The van der Waals surface area contributed by atoms with Gasteiger partial charge in [0.15, 0.2) is 0 Å². The van der Waals surface area contributed by atoms with E-state index < -0.39 is 23.7 Å². The monoisotopic (exact) mass is 560 g/mol. The van der Waals surface area contributed by atoms with Crippen LogP contribution in [0.3, 0.4) is 0 Å². The van der Waals surface area contributed by atoms with Crippen LogP contribution in [-0.2, 0) is 0 Å².